The topological polar surface area (TPSA) is 49.6 Å². The van der Waals surface area contributed by atoms with E-state index in [-0.39, 0.29) is 0 Å². The van der Waals surface area contributed by atoms with Crippen LogP contribution in [-0.2, 0) is 4.79 Å². The van der Waals surface area contributed by atoms with E-state index in [1.165, 1.54) is 12.8 Å². The SMILES string of the molecule is CC1CCN(C(=O)CN2CCC(C(C)N)CC2)CC1. The van der Waals surface area contributed by atoms with Gasteiger partial charge in [-0.15, -0.1) is 0 Å². The second-order valence-corrected chi connectivity index (χ2v) is 6.54. The number of carbonyl (C=O) groups is 1. The lowest BCUT2D eigenvalue weighted by atomic mass is 9.91. The van der Waals surface area contributed by atoms with Gasteiger partial charge in [-0.2, -0.15) is 0 Å². The van der Waals surface area contributed by atoms with Gasteiger partial charge in [-0.25, -0.2) is 0 Å². The van der Waals surface area contributed by atoms with Gasteiger partial charge in [-0.3, -0.25) is 9.69 Å². The molecule has 19 heavy (non-hydrogen) atoms. The third-order valence-electron chi connectivity index (χ3n) is 4.87. The summed E-state index contributed by atoms with van der Waals surface area (Å²) in [7, 11) is 0. The zero-order valence-electron chi connectivity index (χ0n) is 12.5. The molecule has 0 aliphatic carbocycles. The van der Waals surface area contributed by atoms with E-state index >= 15 is 0 Å². The molecule has 0 aromatic heterocycles. The van der Waals surface area contributed by atoms with Gasteiger partial charge in [0.25, 0.3) is 0 Å². The van der Waals surface area contributed by atoms with Gasteiger partial charge in [-0.05, 0) is 57.5 Å². The fraction of sp³-hybridized carbons (Fsp3) is 0.933. The molecule has 4 heteroatoms. The fourth-order valence-corrected chi connectivity index (χ4v) is 3.19. The van der Waals surface area contributed by atoms with Crippen molar-refractivity contribution in [3.8, 4) is 0 Å². The highest BCUT2D eigenvalue weighted by Crippen LogP contribution is 2.20. The van der Waals surface area contributed by atoms with Crippen molar-refractivity contribution in [1.29, 1.82) is 0 Å². The molecule has 1 amide bonds. The van der Waals surface area contributed by atoms with Gasteiger partial charge >= 0.3 is 0 Å². The van der Waals surface area contributed by atoms with Gasteiger partial charge < -0.3 is 10.6 Å². The smallest absolute Gasteiger partial charge is 0.236 e. The summed E-state index contributed by atoms with van der Waals surface area (Å²) in [6.45, 7) is 8.96. The minimum Gasteiger partial charge on any atom is -0.342 e. The van der Waals surface area contributed by atoms with Crippen LogP contribution in [0.3, 0.4) is 0 Å². The maximum absolute atomic E-state index is 12.2. The first-order chi connectivity index (χ1) is 9.06. The average Bonchev–Trinajstić information content (AvgIpc) is 2.40. The summed E-state index contributed by atoms with van der Waals surface area (Å²) in [5, 5.41) is 0. The van der Waals surface area contributed by atoms with E-state index in [4.69, 9.17) is 5.73 Å². The second kappa shape index (κ2) is 6.71. The summed E-state index contributed by atoms with van der Waals surface area (Å²) in [5.41, 5.74) is 5.95. The summed E-state index contributed by atoms with van der Waals surface area (Å²) >= 11 is 0. The van der Waals surface area contributed by atoms with Crippen LogP contribution in [0.15, 0.2) is 0 Å². The van der Waals surface area contributed by atoms with Crippen molar-refractivity contribution < 1.29 is 4.79 Å². The number of piperidine rings is 2. The van der Waals surface area contributed by atoms with Crippen molar-refractivity contribution in [3.05, 3.63) is 0 Å². The zero-order chi connectivity index (χ0) is 13.8. The Bertz CT molecular complexity index is 290. The molecule has 0 aromatic rings. The molecule has 0 aromatic carbocycles. The van der Waals surface area contributed by atoms with Crippen LogP contribution in [-0.4, -0.2) is 54.5 Å². The van der Waals surface area contributed by atoms with Crippen LogP contribution < -0.4 is 5.73 Å². The normalized spacial score (nSPS) is 25.5. The molecule has 0 saturated carbocycles. The molecule has 0 bridgehead atoms. The Kier molecular flexibility index (Phi) is 5.22. The van der Waals surface area contributed by atoms with E-state index in [9.17, 15) is 4.79 Å². The molecule has 1 atom stereocenters. The molecule has 2 fully saturated rings. The van der Waals surface area contributed by atoms with Crippen molar-refractivity contribution in [3.63, 3.8) is 0 Å². The Morgan fingerprint density at radius 3 is 2.26 bits per heavy atom. The predicted octanol–water partition coefficient (Wildman–Crippen LogP) is 1.30. The number of likely N-dealkylation sites (tertiary alicyclic amines) is 2. The number of hydrogen-bond donors (Lipinski definition) is 1. The Balaban J connectivity index is 1.72. The Morgan fingerprint density at radius 2 is 1.74 bits per heavy atom. The number of carbonyl (C=O) groups excluding carboxylic acids is 1. The monoisotopic (exact) mass is 267 g/mol. The molecule has 110 valence electrons. The molecule has 2 aliphatic heterocycles. The van der Waals surface area contributed by atoms with Crippen molar-refractivity contribution >= 4 is 5.91 Å². The van der Waals surface area contributed by atoms with Crippen LogP contribution >= 0.6 is 0 Å². The highest BCUT2D eigenvalue weighted by atomic mass is 16.2. The van der Waals surface area contributed by atoms with Gasteiger partial charge in [0.1, 0.15) is 0 Å². The summed E-state index contributed by atoms with van der Waals surface area (Å²) in [4.78, 5) is 16.6. The highest BCUT2D eigenvalue weighted by molar-refractivity contribution is 5.78. The number of nitrogens with two attached hydrogens (primary N) is 1. The van der Waals surface area contributed by atoms with Crippen LogP contribution in [0.1, 0.15) is 39.5 Å². The maximum Gasteiger partial charge on any atom is 0.236 e. The molecular formula is C15H29N3O. The highest BCUT2D eigenvalue weighted by Gasteiger charge is 2.26. The standard InChI is InChI=1S/C15H29N3O/c1-12-3-9-18(10-4-12)15(19)11-17-7-5-14(6-8-17)13(2)16/h12-14H,3-11,16H2,1-2H3. The van der Waals surface area contributed by atoms with E-state index < -0.39 is 0 Å². The Hall–Kier alpha value is -0.610. The van der Waals surface area contributed by atoms with Crippen LogP contribution in [0.2, 0.25) is 0 Å². The fourth-order valence-electron chi connectivity index (χ4n) is 3.19. The minimum atomic E-state index is 0.293. The lowest BCUT2D eigenvalue weighted by Gasteiger charge is -2.36. The molecule has 2 N–H and O–H groups in total. The number of rotatable bonds is 3. The molecule has 2 heterocycles. The lowest BCUT2D eigenvalue weighted by Crippen LogP contribution is -2.47. The first kappa shape index (κ1) is 14.8. The van der Waals surface area contributed by atoms with E-state index in [0.717, 1.165) is 44.9 Å². The molecule has 4 nitrogen and oxygen atoms in total. The van der Waals surface area contributed by atoms with Crippen LogP contribution in [0.4, 0.5) is 0 Å². The van der Waals surface area contributed by atoms with Crippen LogP contribution in [0, 0.1) is 11.8 Å². The third kappa shape index (κ3) is 4.18. The van der Waals surface area contributed by atoms with E-state index in [2.05, 4.69) is 23.6 Å². The zero-order valence-corrected chi connectivity index (χ0v) is 12.5. The average molecular weight is 267 g/mol. The predicted molar refractivity (Wildman–Crippen MR) is 77.8 cm³/mol. The Labute approximate surface area is 117 Å². The van der Waals surface area contributed by atoms with E-state index in [1.807, 2.05) is 0 Å². The number of nitrogens with zero attached hydrogens (tertiary/aromatic N) is 2. The lowest BCUT2D eigenvalue weighted by molar-refractivity contribution is -0.134. The van der Waals surface area contributed by atoms with Crippen molar-refractivity contribution in [1.82, 2.24) is 9.80 Å². The van der Waals surface area contributed by atoms with Crippen LogP contribution in [0.25, 0.3) is 0 Å². The van der Waals surface area contributed by atoms with Crippen molar-refractivity contribution in [2.75, 3.05) is 32.7 Å². The van der Waals surface area contributed by atoms with Gasteiger partial charge in [0.15, 0.2) is 0 Å². The summed E-state index contributed by atoms with van der Waals surface area (Å²) in [5.74, 6) is 1.75. The Morgan fingerprint density at radius 1 is 1.16 bits per heavy atom. The first-order valence-electron chi connectivity index (χ1n) is 7.82. The summed E-state index contributed by atoms with van der Waals surface area (Å²) in [6.07, 6.45) is 4.61. The molecule has 2 rings (SSSR count). The number of amides is 1. The van der Waals surface area contributed by atoms with E-state index in [1.54, 1.807) is 0 Å². The molecule has 2 aliphatic rings. The van der Waals surface area contributed by atoms with Crippen molar-refractivity contribution in [2.24, 2.45) is 17.6 Å². The first-order valence-corrected chi connectivity index (χ1v) is 7.82. The maximum atomic E-state index is 12.2. The largest absolute Gasteiger partial charge is 0.342 e. The van der Waals surface area contributed by atoms with Gasteiger partial charge in [0.2, 0.25) is 5.91 Å². The second-order valence-electron chi connectivity index (χ2n) is 6.54. The van der Waals surface area contributed by atoms with Gasteiger partial charge in [0, 0.05) is 19.1 Å². The molecule has 1 unspecified atom stereocenters. The van der Waals surface area contributed by atoms with Crippen molar-refractivity contribution in [2.45, 2.75) is 45.6 Å². The third-order valence-corrected chi connectivity index (χ3v) is 4.87. The summed E-state index contributed by atoms with van der Waals surface area (Å²) < 4.78 is 0. The molecule has 0 radical (unpaired) electrons. The molecular weight excluding hydrogens is 238 g/mol. The van der Waals surface area contributed by atoms with Crippen LogP contribution in [0.5, 0.6) is 0 Å². The van der Waals surface area contributed by atoms with E-state index in [0.29, 0.717) is 24.4 Å². The summed E-state index contributed by atoms with van der Waals surface area (Å²) in [6, 6.07) is 0.293. The molecule has 0 spiro atoms. The number of hydrogen-bond acceptors (Lipinski definition) is 3. The minimum absolute atomic E-state index is 0.293. The molecule has 2 saturated heterocycles. The van der Waals surface area contributed by atoms with Gasteiger partial charge in [0.05, 0.1) is 6.54 Å². The van der Waals surface area contributed by atoms with Gasteiger partial charge in [-0.1, -0.05) is 6.92 Å². The quantitative estimate of drug-likeness (QED) is 0.838.